The summed E-state index contributed by atoms with van der Waals surface area (Å²) >= 11 is 12.7. The van der Waals surface area contributed by atoms with Crippen molar-refractivity contribution in [3.63, 3.8) is 0 Å². The lowest BCUT2D eigenvalue weighted by Gasteiger charge is -2.10. The number of aromatic nitrogens is 4. The molecule has 0 unspecified atom stereocenters. The zero-order chi connectivity index (χ0) is 20.8. The van der Waals surface area contributed by atoms with Gasteiger partial charge in [0.25, 0.3) is 5.56 Å². The first-order chi connectivity index (χ1) is 14.5. The monoisotopic (exact) mass is 440 g/mol. The number of nitrogens with zero attached hydrogens (tertiary/aromatic N) is 4. The molecule has 2 aromatic carbocycles. The van der Waals surface area contributed by atoms with Crippen molar-refractivity contribution >= 4 is 23.2 Å². The summed E-state index contributed by atoms with van der Waals surface area (Å²) in [6, 6.07) is 12.9. The van der Waals surface area contributed by atoms with Crippen molar-refractivity contribution in [1.82, 2.24) is 19.3 Å². The second-order valence-corrected chi connectivity index (χ2v) is 7.81. The zero-order valence-electron chi connectivity index (χ0n) is 15.6. The Morgan fingerprint density at radius 2 is 1.60 bits per heavy atom. The Kier molecular flexibility index (Phi) is 4.68. The molecule has 0 spiro atoms. The third kappa shape index (κ3) is 3.04. The summed E-state index contributed by atoms with van der Waals surface area (Å²) in [6.45, 7) is 1.32. The molecule has 0 saturated heterocycles. The Bertz CT molecular complexity index is 1310. The van der Waals surface area contributed by atoms with Crippen LogP contribution in [0, 0.1) is 5.82 Å². The van der Waals surface area contributed by atoms with Crippen LogP contribution in [0.1, 0.15) is 6.42 Å². The minimum absolute atomic E-state index is 0.120. The van der Waals surface area contributed by atoms with Gasteiger partial charge in [0.15, 0.2) is 5.82 Å². The molecule has 30 heavy (non-hydrogen) atoms. The minimum Gasteiger partial charge on any atom is -0.280 e. The molecule has 2 aromatic heterocycles. The Hall–Kier alpha value is -2.96. The smallest absolute Gasteiger partial charge is 0.275 e. The maximum absolute atomic E-state index is 13.5. The number of rotatable bonds is 3. The van der Waals surface area contributed by atoms with E-state index in [0.29, 0.717) is 57.0 Å². The molecule has 0 radical (unpaired) electrons. The summed E-state index contributed by atoms with van der Waals surface area (Å²) in [5.41, 5.74) is 2.80. The van der Waals surface area contributed by atoms with E-state index in [1.807, 2.05) is 4.68 Å². The van der Waals surface area contributed by atoms with Crippen LogP contribution >= 0.6 is 23.2 Å². The van der Waals surface area contributed by atoms with E-state index in [1.54, 1.807) is 47.3 Å². The standard InChI is InChI=1S/C22H15Cl2FN4O/c23-15-3-1-4-16(24)19(15)21-26-10-9-17(27-21)20-18(13-5-7-14(25)8-6-13)22(30)29-12-2-11-28(20)29/h1,3-10H,2,11-12H2. The van der Waals surface area contributed by atoms with Gasteiger partial charge in [0.2, 0.25) is 0 Å². The van der Waals surface area contributed by atoms with Gasteiger partial charge in [-0.1, -0.05) is 41.4 Å². The summed E-state index contributed by atoms with van der Waals surface area (Å²) in [5.74, 6) is 0.0176. The summed E-state index contributed by atoms with van der Waals surface area (Å²) in [4.78, 5) is 22.2. The van der Waals surface area contributed by atoms with Gasteiger partial charge in [-0.05, 0) is 42.3 Å². The van der Waals surface area contributed by atoms with E-state index in [-0.39, 0.29) is 11.4 Å². The molecule has 8 heteroatoms. The molecule has 0 bridgehead atoms. The highest BCUT2D eigenvalue weighted by Crippen LogP contribution is 2.35. The third-order valence-corrected chi connectivity index (χ3v) is 5.82. The van der Waals surface area contributed by atoms with Crippen molar-refractivity contribution in [3.05, 3.63) is 80.9 Å². The largest absolute Gasteiger partial charge is 0.280 e. The second-order valence-electron chi connectivity index (χ2n) is 7.00. The Balaban J connectivity index is 1.75. The molecule has 0 N–H and O–H groups in total. The summed E-state index contributed by atoms with van der Waals surface area (Å²) < 4.78 is 17.1. The Morgan fingerprint density at radius 3 is 2.33 bits per heavy atom. The average molecular weight is 441 g/mol. The highest BCUT2D eigenvalue weighted by Gasteiger charge is 2.26. The molecular formula is C22H15Cl2FN4O. The highest BCUT2D eigenvalue weighted by atomic mass is 35.5. The molecule has 5 rings (SSSR count). The van der Waals surface area contributed by atoms with Gasteiger partial charge in [0, 0.05) is 19.3 Å². The molecule has 1 aliphatic rings. The predicted molar refractivity (Wildman–Crippen MR) is 115 cm³/mol. The van der Waals surface area contributed by atoms with Crippen LogP contribution in [-0.2, 0) is 13.1 Å². The van der Waals surface area contributed by atoms with Crippen LogP contribution in [0.2, 0.25) is 10.0 Å². The summed E-state index contributed by atoms with van der Waals surface area (Å²) in [7, 11) is 0. The molecule has 3 heterocycles. The SMILES string of the molecule is O=c1c(-c2ccc(F)cc2)c(-c2ccnc(-c3c(Cl)cccc3Cl)n2)n2n1CCC2. The van der Waals surface area contributed by atoms with Crippen molar-refractivity contribution in [3.8, 4) is 33.9 Å². The van der Waals surface area contributed by atoms with Gasteiger partial charge in [0.1, 0.15) is 5.82 Å². The molecule has 5 nitrogen and oxygen atoms in total. The Morgan fingerprint density at radius 1 is 0.900 bits per heavy atom. The van der Waals surface area contributed by atoms with Gasteiger partial charge in [-0.2, -0.15) is 0 Å². The number of benzene rings is 2. The van der Waals surface area contributed by atoms with E-state index in [2.05, 4.69) is 4.98 Å². The fourth-order valence-corrected chi connectivity index (χ4v) is 4.44. The van der Waals surface area contributed by atoms with Gasteiger partial charge in [0.05, 0.1) is 32.6 Å². The molecular weight excluding hydrogens is 426 g/mol. The predicted octanol–water partition coefficient (Wildman–Crippen LogP) is 5.29. The van der Waals surface area contributed by atoms with E-state index in [4.69, 9.17) is 28.2 Å². The first-order valence-electron chi connectivity index (χ1n) is 9.42. The quantitative estimate of drug-likeness (QED) is 0.434. The van der Waals surface area contributed by atoms with E-state index >= 15 is 0 Å². The van der Waals surface area contributed by atoms with Gasteiger partial charge >= 0.3 is 0 Å². The Labute approximate surface area is 181 Å². The van der Waals surface area contributed by atoms with Crippen molar-refractivity contribution < 1.29 is 4.39 Å². The molecule has 0 atom stereocenters. The van der Waals surface area contributed by atoms with Crippen LogP contribution in [0.4, 0.5) is 4.39 Å². The minimum atomic E-state index is -0.357. The van der Waals surface area contributed by atoms with Crippen molar-refractivity contribution in [2.45, 2.75) is 19.5 Å². The second kappa shape index (κ2) is 7.38. The highest BCUT2D eigenvalue weighted by molar-refractivity contribution is 6.38. The van der Waals surface area contributed by atoms with Crippen molar-refractivity contribution in [2.24, 2.45) is 0 Å². The lowest BCUT2D eigenvalue weighted by atomic mass is 10.0. The van der Waals surface area contributed by atoms with Crippen LogP contribution in [0.5, 0.6) is 0 Å². The topological polar surface area (TPSA) is 52.7 Å². The van der Waals surface area contributed by atoms with Crippen LogP contribution in [-0.4, -0.2) is 19.3 Å². The molecule has 1 aliphatic heterocycles. The van der Waals surface area contributed by atoms with Crippen LogP contribution in [0.15, 0.2) is 59.5 Å². The molecule has 0 aliphatic carbocycles. The van der Waals surface area contributed by atoms with Crippen LogP contribution in [0.25, 0.3) is 33.9 Å². The van der Waals surface area contributed by atoms with Gasteiger partial charge < -0.3 is 0 Å². The van der Waals surface area contributed by atoms with E-state index in [1.165, 1.54) is 12.1 Å². The molecule has 0 amide bonds. The van der Waals surface area contributed by atoms with Gasteiger partial charge in [-0.3, -0.25) is 9.48 Å². The summed E-state index contributed by atoms with van der Waals surface area (Å²) in [5, 5.41) is 0.885. The molecule has 0 fully saturated rings. The maximum atomic E-state index is 13.5. The number of fused-ring (bicyclic) bond motifs is 1. The molecule has 0 saturated carbocycles. The van der Waals surface area contributed by atoms with E-state index < -0.39 is 0 Å². The molecule has 150 valence electrons. The zero-order valence-corrected chi connectivity index (χ0v) is 17.2. The number of hydrogen-bond donors (Lipinski definition) is 0. The van der Waals surface area contributed by atoms with Crippen LogP contribution in [0.3, 0.4) is 0 Å². The van der Waals surface area contributed by atoms with E-state index in [9.17, 15) is 9.18 Å². The average Bonchev–Trinajstić information content (AvgIpc) is 3.31. The van der Waals surface area contributed by atoms with Gasteiger partial charge in [-0.25, -0.2) is 19.0 Å². The summed E-state index contributed by atoms with van der Waals surface area (Å²) in [6.07, 6.45) is 2.48. The first-order valence-corrected chi connectivity index (χ1v) is 10.2. The molecule has 4 aromatic rings. The lowest BCUT2D eigenvalue weighted by Crippen LogP contribution is -2.17. The van der Waals surface area contributed by atoms with Gasteiger partial charge in [-0.15, -0.1) is 0 Å². The fourth-order valence-electron chi connectivity index (χ4n) is 3.87. The fraction of sp³-hybridized carbons (Fsp3) is 0.136. The third-order valence-electron chi connectivity index (χ3n) is 5.19. The number of halogens is 3. The maximum Gasteiger partial charge on any atom is 0.275 e. The van der Waals surface area contributed by atoms with Crippen molar-refractivity contribution in [2.75, 3.05) is 0 Å². The van der Waals surface area contributed by atoms with Crippen LogP contribution < -0.4 is 5.56 Å². The first kappa shape index (κ1) is 19.0. The van der Waals surface area contributed by atoms with Crippen molar-refractivity contribution in [1.29, 1.82) is 0 Å². The number of hydrogen-bond acceptors (Lipinski definition) is 3. The van der Waals surface area contributed by atoms with E-state index in [0.717, 1.165) is 6.42 Å². The normalized spacial score (nSPS) is 12.9. The lowest BCUT2D eigenvalue weighted by molar-refractivity contribution is 0.599.